The van der Waals surface area contributed by atoms with E-state index in [1.165, 1.54) is 25.7 Å². The van der Waals surface area contributed by atoms with Crippen LogP contribution in [0.5, 0.6) is 0 Å². The second kappa shape index (κ2) is 8.34. The van der Waals surface area contributed by atoms with E-state index in [9.17, 15) is 15.3 Å². The van der Waals surface area contributed by atoms with Gasteiger partial charge in [0, 0.05) is 0 Å². The van der Waals surface area contributed by atoms with Crippen molar-refractivity contribution in [3.05, 3.63) is 0 Å². The smallest absolute Gasteiger partial charge is 0.0577 e. The number of aliphatic hydroxyl groups is 3. The zero-order valence-corrected chi connectivity index (χ0v) is 20.2. The molecular weight excluding hydrogens is 372 g/mol. The van der Waals surface area contributed by atoms with E-state index in [0.717, 1.165) is 44.4 Å². The predicted molar refractivity (Wildman–Crippen MR) is 122 cm³/mol. The summed E-state index contributed by atoms with van der Waals surface area (Å²) in [4.78, 5) is 0. The maximum absolute atomic E-state index is 11.4. The van der Waals surface area contributed by atoms with Crippen molar-refractivity contribution in [1.29, 1.82) is 0 Å². The Hall–Kier alpha value is -0.120. The van der Waals surface area contributed by atoms with Crippen molar-refractivity contribution in [3.63, 3.8) is 0 Å². The van der Waals surface area contributed by atoms with Gasteiger partial charge >= 0.3 is 0 Å². The lowest BCUT2D eigenvalue weighted by molar-refractivity contribution is -0.174. The number of hydrogen-bond donors (Lipinski definition) is 3. The van der Waals surface area contributed by atoms with Gasteiger partial charge in [0.1, 0.15) is 0 Å². The van der Waals surface area contributed by atoms with Gasteiger partial charge in [-0.05, 0) is 116 Å². The standard InChI is InChI=1S/C27H48O3/c1-16(2)23(29)9-6-17(3)20-7-8-21-25-22(11-13-27(20,21)5)26(4)12-10-19(28)14-18(26)15-24(25)30/h16-25,28-30H,6-15H2,1-5H3/t17?,18?,19?,20?,21?,22?,23?,24-,25?,26+,27-/m1/s1. The van der Waals surface area contributed by atoms with Crippen LogP contribution < -0.4 is 0 Å². The largest absolute Gasteiger partial charge is 0.393 e. The summed E-state index contributed by atoms with van der Waals surface area (Å²) in [5.74, 6) is 3.97. The van der Waals surface area contributed by atoms with Crippen LogP contribution in [-0.2, 0) is 0 Å². The molecule has 174 valence electrons. The molecule has 4 saturated carbocycles. The van der Waals surface area contributed by atoms with Gasteiger partial charge in [0.25, 0.3) is 0 Å². The van der Waals surface area contributed by atoms with Gasteiger partial charge in [-0.2, -0.15) is 0 Å². The van der Waals surface area contributed by atoms with Crippen molar-refractivity contribution in [2.75, 3.05) is 0 Å². The molecule has 30 heavy (non-hydrogen) atoms. The molecule has 8 unspecified atom stereocenters. The molecule has 0 aromatic heterocycles. The Kier molecular flexibility index (Phi) is 6.41. The summed E-state index contributed by atoms with van der Waals surface area (Å²) in [5, 5.41) is 31.9. The molecule has 4 rings (SSSR count). The predicted octanol–water partition coefficient (Wildman–Crippen LogP) is 5.41. The van der Waals surface area contributed by atoms with Gasteiger partial charge in [-0.25, -0.2) is 0 Å². The van der Waals surface area contributed by atoms with Crippen LogP contribution in [0, 0.1) is 52.3 Å². The molecule has 11 atom stereocenters. The van der Waals surface area contributed by atoms with E-state index in [-0.39, 0.29) is 18.3 Å². The van der Waals surface area contributed by atoms with E-state index in [2.05, 4.69) is 34.6 Å². The third kappa shape index (κ3) is 3.69. The van der Waals surface area contributed by atoms with Crippen LogP contribution in [0.25, 0.3) is 0 Å². The molecule has 0 aromatic carbocycles. The quantitative estimate of drug-likeness (QED) is 0.557. The molecule has 3 nitrogen and oxygen atoms in total. The van der Waals surface area contributed by atoms with E-state index in [1.54, 1.807) is 0 Å². The number of fused-ring (bicyclic) bond motifs is 5. The molecular formula is C27H48O3. The highest BCUT2D eigenvalue weighted by molar-refractivity contribution is 5.11. The fourth-order valence-electron chi connectivity index (χ4n) is 9.14. The fraction of sp³-hybridized carbons (Fsp3) is 1.00. The summed E-state index contributed by atoms with van der Waals surface area (Å²) in [6.45, 7) is 11.7. The van der Waals surface area contributed by atoms with Crippen molar-refractivity contribution >= 4 is 0 Å². The van der Waals surface area contributed by atoms with Gasteiger partial charge in [-0.3, -0.25) is 0 Å². The zero-order chi connectivity index (χ0) is 21.8. The van der Waals surface area contributed by atoms with E-state index in [1.807, 2.05) is 0 Å². The summed E-state index contributed by atoms with van der Waals surface area (Å²) >= 11 is 0. The van der Waals surface area contributed by atoms with Crippen molar-refractivity contribution < 1.29 is 15.3 Å². The second-order valence-corrected chi connectivity index (χ2v) is 12.8. The topological polar surface area (TPSA) is 60.7 Å². The summed E-state index contributed by atoms with van der Waals surface area (Å²) in [6.07, 6.45) is 10.6. The van der Waals surface area contributed by atoms with Crippen LogP contribution in [0.1, 0.15) is 98.8 Å². The number of aliphatic hydroxyl groups excluding tert-OH is 3. The third-order valence-corrected chi connectivity index (χ3v) is 11.1. The molecule has 0 bridgehead atoms. The minimum atomic E-state index is -0.181. The Morgan fingerprint density at radius 1 is 0.833 bits per heavy atom. The molecule has 0 saturated heterocycles. The Bertz CT molecular complexity index is 605. The lowest BCUT2D eigenvalue weighted by atomic mass is 9.43. The molecule has 0 radical (unpaired) electrons. The molecule has 3 N–H and O–H groups in total. The number of rotatable bonds is 5. The summed E-state index contributed by atoms with van der Waals surface area (Å²) in [5.41, 5.74) is 0.664. The minimum Gasteiger partial charge on any atom is -0.393 e. The van der Waals surface area contributed by atoms with Crippen molar-refractivity contribution in [2.45, 2.75) is 117 Å². The van der Waals surface area contributed by atoms with E-state index in [0.29, 0.717) is 46.3 Å². The van der Waals surface area contributed by atoms with Crippen LogP contribution >= 0.6 is 0 Å². The van der Waals surface area contributed by atoms with Crippen molar-refractivity contribution in [3.8, 4) is 0 Å². The minimum absolute atomic E-state index is 0.154. The monoisotopic (exact) mass is 420 g/mol. The lowest BCUT2D eigenvalue weighted by Gasteiger charge is -2.62. The highest BCUT2D eigenvalue weighted by Gasteiger charge is 2.62. The Morgan fingerprint density at radius 2 is 1.50 bits per heavy atom. The molecule has 0 aliphatic heterocycles. The van der Waals surface area contributed by atoms with E-state index in [4.69, 9.17) is 0 Å². The van der Waals surface area contributed by atoms with Gasteiger partial charge in [-0.15, -0.1) is 0 Å². The first-order chi connectivity index (χ1) is 14.1. The third-order valence-electron chi connectivity index (χ3n) is 11.1. The average Bonchev–Trinajstić information content (AvgIpc) is 3.04. The SMILES string of the molecule is CC(C)C(O)CCC(C)C1CCC2C3C(CC[C@]12C)[C@@]1(C)CCC(O)CC1C[C@H]3O. The first-order valence-electron chi connectivity index (χ1n) is 13.1. The molecule has 0 aromatic rings. The normalized spacial score (nSPS) is 50.5. The molecule has 3 heteroatoms. The van der Waals surface area contributed by atoms with Crippen LogP contribution in [-0.4, -0.2) is 33.6 Å². The van der Waals surface area contributed by atoms with Crippen LogP contribution in [0.15, 0.2) is 0 Å². The van der Waals surface area contributed by atoms with Gasteiger partial charge in [0.15, 0.2) is 0 Å². The molecule has 4 fully saturated rings. The van der Waals surface area contributed by atoms with Crippen LogP contribution in [0.4, 0.5) is 0 Å². The average molecular weight is 421 g/mol. The Morgan fingerprint density at radius 3 is 2.20 bits per heavy atom. The molecule has 0 amide bonds. The van der Waals surface area contributed by atoms with Gasteiger partial charge in [-0.1, -0.05) is 34.6 Å². The second-order valence-electron chi connectivity index (χ2n) is 12.8. The van der Waals surface area contributed by atoms with Gasteiger partial charge in [0.2, 0.25) is 0 Å². The highest BCUT2D eigenvalue weighted by atomic mass is 16.3. The van der Waals surface area contributed by atoms with Crippen molar-refractivity contribution in [1.82, 2.24) is 0 Å². The van der Waals surface area contributed by atoms with Crippen LogP contribution in [0.2, 0.25) is 0 Å². The summed E-state index contributed by atoms with van der Waals surface area (Å²) in [7, 11) is 0. The van der Waals surface area contributed by atoms with Crippen molar-refractivity contribution in [2.24, 2.45) is 52.3 Å². The molecule has 4 aliphatic carbocycles. The lowest BCUT2D eigenvalue weighted by Crippen LogP contribution is -2.58. The van der Waals surface area contributed by atoms with Crippen LogP contribution in [0.3, 0.4) is 0 Å². The first kappa shape index (κ1) is 23.1. The molecule has 0 heterocycles. The summed E-state index contributed by atoms with van der Waals surface area (Å²) < 4.78 is 0. The number of hydrogen-bond acceptors (Lipinski definition) is 3. The Balaban J connectivity index is 1.50. The maximum atomic E-state index is 11.4. The highest BCUT2D eigenvalue weighted by Crippen LogP contribution is 2.68. The first-order valence-corrected chi connectivity index (χ1v) is 13.1. The van der Waals surface area contributed by atoms with E-state index < -0.39 is 0 Å². The molecule has 4 aliphatic rings. The zero-order valence-electron chi connectivity index (χ0n) is 20.2. The summed E-state index contributed by atoms with van der Waals surface area (Å²) in [6, 6.07) is 0. The maximum Gasteiger partial charge on any atom is 0.0577 e. The Labute approximate surface area is 185 Å². The van der Waals surface area contributed by atoms with Gasteiger partial charge < -0.3 is 15.3 Å². The van der Waals surface area contributed by atoms with Gasteiger partial charge in [0.05, 0.1) is 18.3 Å². The molecule has 0 spiro atoms. The fourth-order valence-corrected chi connectivity index (χ4v) is 9.14. The van der Waals surface area contributed by atoms with E-state index >= 15 is 0 Å².